The number of aromatic amines is 1. The molecule has 168 valence electrons. The molecule has 5 rings (SSSR count). The number of H-pyrrole nitrogens is 1. The second-order valence-electron chi connectivity index (χ2n) is 7.88. The molecule has 0 aliphatic carbocycles. The minimum atomic E-state index is -0.880. The molecule has 0 fully saturated rings. The number of aromatic nitrogens is 3. The van der Waals surface area contributed by atoms with Crippen molar-refractivity contribution in [3.8, 4) is 32.8 Å². The van der Waals surface area contributed by atoms with Crippen molar-refractivity contribution in [3.63, 3.8) is 0 Å². The fourth-order valence-corrected chi connectivity index (χ4v) is 5.23. The lowest BCUT2D eigenvalue weighted by atomic mass is 9.93. The third kappa shape index (κ3) is 4.23. The number of thiazole rings is 1. The Morgan fingerprint density at radius 1 is 1.03 bits per heavy atom. The Morgan fingerprint density at radius 2 is 1.71 bits per heavy atom. The van der Waals surface area contributed by atoms with Gasteiger partial charge in [-0.1, -0.05) is 48.0 Å². The molecule has 2 N–H and O–H groups in total. The fraction of sp³-hybridized carbons (Fsp3) is 0.0769. The zero-order valence-corrected chi connectivity index (χ0v) is 19.6. The summed E-state index contributed by atoms with van der Waals surface area (Å²) in [5.41, 5.74) is 6.58. The number of benzene rings is 3. The van der Waals surface area contributed by atoms with Gasteiger partial charge in [0.1, 0.15) is 5.01 Å². The highest BCUT2D eigenvalue weighted by atomic mass is 35.5. The molecule has 0 bridgehead atoms. The van der Waals surface area contributed by atoms with Crippen LogP contribution in [0, 0.1) is 6.92 Å². The smallest absolute Gasteiger partial charge is 0.344 e. The van der Waals surface area contributed by atoms with Gasteiger partial charge in [-0.25, -0.2) is 14.8 Å². The van der Waals surface area contributed by atoms with Crippen molar-refractivity contribution < 1.29 is 9.90 Å². The van der Waals surface area contributed by atoms with Crippen LogP contribution in [0.3, 0.4) is 0 Å². The lowest BCUT2D eigenvalue weighted by Gasteiger charge is -2.13. The first-order valence-corrected chi connectivity index (χ1v) is 11.6. The number of carbonyl (C=O) groups is 1. The predicted molar refractivity (Wildman–Crippen MR) is 135 cm³/mol. The van der Waals surface area contributed by atoms with Crippen molar-refractivity contribution in [3.05, 3.63) is 93.6 Å². The third-order valence-electron chi connectivity index (χ3n) is 5.61. The first-order chi connectivity index (χ1) is 16.4. The topological polar surface area (TPSA) is 95.9 Å². The summed E-state index contributed by atoms with van der Waals surface area (Å²) in [7, 11) is 0. The average Bonchev–Trinajstić information content (AvgIpc) is 3.24. The van der Waals surface area contributed by atoms with Gasteiger partial charge in [0.25, 0.3) is 0 Å². The first-order valence-electron chi connectivity index (χ1n) is 10.5. The number of halogens is 1. The molecule has 0 unspecified atom stereocenters. The standard InChI is InChI=1S/C26H18ClN3O3S/c1-14-10-21-24(23(20(14)11-22(31)32)16-6-8-19(27)9-7-16)34-25(30-21)17-4-2-15(3-5-17)18-12-28-26(33)29-13-18/h2-10,12-13H,11H2,1H3,(H,31,32)(H,28,29,33). The van der Waals surface area contributed by atoms with Crippen LogP contribution in [0.25, 0.3) is 43.0 Å². The van der Waals surface area contributed by atoms with Crippen LogP contribution in [-0.2, 0) is 11.2 Å². The van der Waals surface area contributed by atoms with Crippen molar-refractivity contribution in [2.24, 2.45) is 0 Å². The van der Waals surface area contributed by atoms with Crippen molar-refractivity contribution in [2.45, 2.75) is 13.3 Å². The number of hydrogen-bond donors (Lipinski definition) is 2. The molecular weight excluding hydrogens is 470 g/mol. The second-order valence-corrected chi connectivity index (χ2v) is 9.31. The second kappa shape index (κ2) is 8.85. The van der Waals surface area contributed by atoms with E-state index in [4.69, 9.17) is 16.6 Å². The summed E-state index contributed by atoms with van der Waals surface area (Å²) in [6, 6.07) is 17.3. The molecule has 3 aromatic carbocycles. The maximum Gasteiger partial charge on any atom is 0.344 e. The monoisotopic (exact) mass is 487 g/mol. The zero-order chi connectivity index (χ0) is 23.8. The van der Waals surface area contributed by atoms with E-state index in [9.17, 15) is 14.7 Å². The van der Waals surface area contributed by atoms with Crippen LogP contribution < -0.4 is 5.69 Å². The van der Waals surface area contributed by atoms with E-state index in [2.05, 4.69) is 9.97 Å². The van der Waals surface area contributed by atoms with Crippen LogP contribution in [0.5, 0.6) is 0 Å². The highest BCUT2D eigenvalue weighted by molar-refractivity contribution is 7.22. The van der Waals surface area contributed by atoms with Crippen molar-refractivity contribution in [2.75, 3.05) is 0 Å². The van der Waals surface area contributed by atoms with E-state index < -0.39 is 5.97 Å². The molecule has 2 aromatic heterocycles. The van der Waals surface area contributed by atoms with E-state index in [1.165, 1.54) is 17.5 Å². The molecule has 0 aliphatic heterocycles. The largest absolute Gasteiger partial charge is 0.481 e. The molecule has 2 heterocycles. The lowest BCUT2D eigenvalue weighted by Crippen LogP contribution is -2.07. The Bertz CT molecular complexity index is 1570. The minimum absolute atomic E-state index is 0.0745. The molecule has 0 spiro atoms. The van der Waals surface area contributed by atoms with Crippen LogP contribution in [-0.4, -0.2) is 26.0 Å². The molecule has 6 nitrogen and oxygen atoms in total. The van der Waals surface area contributed by atoms with Gasteiger partial charge in [-0.15, -0.1) is 11.3 Å². The summed E-state index contributed by atoms with van der Waals surface area (Å²) >= 11 is 7.63. The van der Waals surface area contributed by atoms with Gasteiger partial charge in [-0.2, -0.15) is 0 Å². The maximum atomic E-state index is 11.6. The van der Waals surface area contributed by atoms with Crippen molar-refractivity contribution in [1.29, 1.82) is 0 Å². The highest BCUT2D eigenvalue weighted by Crippen LogP contribution is 2.41. The normalized spacial score (nSPS) is 11.1. The van der Waals surface area contributed by atoms with Crippen LogP contribution >= 0.6 is 22.9 Å². The molecule has 0 atom stereocenters. The van der Waals surface area contributed by atoms with Gasteiger partial charge < -0.3 is 10.1 Å². The Kier molecular flexibility index (Phi) is 5.73. The number of carboxylic acid groups (broad SMARTS) is 1. The summed E-state index contributed by atoms with van der Waals surface area (Å²) in [6.45, 7) is 1.92. The number of rotatable bonds is 5. The molecule has 5 aromatic rings. The van der Waals surface area contributed by atoms with Crippen molar-refractivity contribution >= 4 is 39.1 Å². The number of fused-ring (bicyclic) bond motifs is 1. The molecule has 0 aliphatic rings. The molecule has 0 radical (unpaired) electrons. The van der Waals surface area contributed by atoms with Gasteiger partial charge in [0.15, 0.2) is 0 Å². The molecule has 34 heavy (non-hydrogen) atoms. The minimum Gasteiger partial charge on any atom is -0.481 e. The SMILES string of the molecule is Cc1cc2nc(-c3ccc(-c4cnc(=O)[nH]c4)cc3)sc2c(-c2ccc(Cl)cc2)c1CC(=O)O. The number of nitrogens with zero attached hydrogens (tertiary/aromatic N) is 2. The number of carboxylic acids is 1. The summed E-state index contributed by atoms with van der Waals surface area (Å²) in [6.07, 6.45) is 3.10. The number of nitrogens with one attached hydrogen (secondary N) is 1. The van der Waals surface area contributed by atoms with Gasteiger partial charge >= 0.3 is 11.7 Å². The Morgan fingerprint density at radius 3 is 2.35 bits per heavy atom. The first kappa shape index (κ1) is 22.0. The van der Waals surface area contributed by atoms with E-state index in [1.807, 2.05) is 61.5 Å². The van der Waals surface area contributed by atoms with E-state index in [-0.39, 0.29) is 12.1 Å². The van der Waals surface area contributed by atoms with E-state index >= 15 is 0 Å². The molecular formula is C26H18ClN3O3S. The summed E-state index contributed by atoms with van der Waals surface area (Å²) in [4.78, 5) is 34.1. The van der Waals surface area contributed by atoms with Crippen LogP contribution in [0.1, 0.15) is 11.1 Å². The van der Waals surface area contributed by atoms with Gasteiger partial charge in [0.05, 0.1) is 16.6 Å². The Hall–Kier alpha value is -3.81. The van der Waals surface area contributed by atoms with Crippen LogP contribution in [0.4, 0.5) is 0 Å². The molecule has 0 saturated carbocycles. The third-order valence-corrected chi connectivity index (χ3v) is 7.00. The quantitative estimate of drug-likeness (QED) is 0.318. The maximum absolute atomic E-state index is 11.6. The summed E-state index contributed by atoms with van der Waals surface area (Å²) in [5.74, 6) is -0.880. The summed E-state index contributed by atoms with van der Waals surface area (Å²) in [5, 5.41) is 11.0. The fourth-order valence-electron chi connectivity index (χ4n) is 3.96. The van der Waals surface area contributed by atoms with Crippen LogP contribution in [0.15, 0.2) is 71.8 Å². The highest BCUT2D eigenvalue weighted by Gasteiger charge is 2.19. The van der Waals surface area contributed by atoms with Crippen LogP contribution in [0.2, 0.25) is 5.02 Å². The Balaban J connectivity index is 1.63. The Labute approximate surface area is 203 Å². The zero-order valence-electron chi connectivity index (χ0n) is 18.0. The predicted octanol–water partition coefficient (Wildman–Crippen LogP) is 5.97. The number of hydrogen-bond acceptors (Lipinski definition) is 5. The average molecular weight is 488 g/mol. The number of aliphatic carboxylic acids is 1. The van der Waals surface area contributed by atoms with Gasteiger partial charge in [0, 0.05) is 34.1 Å². The van der Waals surface area contributed by atoms with Gasteiger partial charge in [0.2, 0.25) is 0 Å². The summed E-state index contributed by atoms with van der Waals surface area (Å²) < 4.78 is 0.938. The van der Waals surface area contributed by atoms with E-state index in [0.29, 0.717) is 5.02 Å². The van der Waals surface area contributed by atoms with E-state index in [0.717, 1.165) is 54.2 Å². The lowest BCUT2D eigenvalue weighted by molar-refractivity contribution is -0.136. The van der Waals surface area contributed by atoms with Gasteiger partial charge in [-0.05, 0) is 47.4 Å². The number of aryl methyl sites for hydroxylation is 1. The van der Waals surface area contributed by atoms with Crippen molar-refractivity contribution in [1.82, 2.24) is 15.0 Å². The molecule has 8 heteroatoms. The molecule has 0 saturated heterocycles. The molecule has 0 amide bonds. The van der Waals surface area contributed by atoms with E-state index in [1.54, 1.807) is 6.20 Å². The van der Waals surface area contributed by atoms with Gasteiger partial charge in [-0.3, -0.25) is 4.79 Å².